The number of likely N-dealkylation sites (tertiary alicyclic amines) is 1. The van der Waals surface area contributed by atoms with E-state index in [4.69, 9.17) is 4.74 Å². The molecule has 1 fully saturated rings. The van der Waals surface area contributed by atoms with Crippen LogP contribution in [0.1, 0.15) is 40.0 Å². The van der Waals surface area contributed by atoms with E-state index < -0.39 is 17.7 Å². The van der Waals surface area contributed by atoms with E-state index in [9.17, 15) is 9.59 Å². The first-order chi connectivity index (χ1) is 9.20. The molecular weight excluding hydrogens is 256 g/mol. The minimum absolute atomic E-state index is 0.0377. The molecule has 1 rings (SSSR count). The number of ketones is 1. The van der Waals surface area contributed by atoms with Crippen molar-refractivity contribution in [1.82, 2.24) is 9.80 Å². The van der Waals surface area contributed by atoms with E-state index in [2.05, 4.69) is 0 Å². The molecule has 5 heteroatoms. The van der Waals surface area contributed by atoms with Gasteiger partial charge in [0.1, 0.15) is 5.60 Å². The molecule has 0 aromatic carbocycles. The van der Waals surface area contributed by atoms with Gasteiger partial charge in [0.15, 0.2) is 5.78 Å². The van der Waals surface area contributed by atoms with Crippen LogP contribution in [0, 0.1) is 0 Å². The lowest BCUT2D eigenvalue weighted by atomic mass is 9.99. The normalized spacial score (nSPS) is 20.1. The van der Waals surface area contributed by atoms with Gasteiger partial charge in [0.2, 0.25) is 0 Å². The van der Waals surface area contributed by atoms with Crippen LogP contribution in [0.3, 0.4) is 0 Å². The smallest absolute Gasteiger partial charge is 0.410 e. The lowest BCUT2D eigenvalue weighted by molar-refractivity contribution is -0.120. The quantitative estimate of drug-likeness (QED) is 0.746. The van der Waals surface area contributed by atoms with E-state index in [1.54, 1.807) is 16.0 Å². The Morgan fingerprint density at radius 3 is 2.45 bits per heavy atom. The number of carbonyl (C=O) groups excluding carboxylic acids is 2. The zero-order valence-corrected chi connectivity index (χ0v) is 13.2. The Labute approximate surface area is 121 Å². The highest BCUT2D eigenvalue weighted by Gasteiger charge is 2.33. The fourth-order valence-electron chi connectivity index (χ4n) is 2.10. The summed E-state index contributed by atoms with van der Waals surface area (Å²) in [6.45, 7) is 6.08. The zero-order valence-electron chi connectivity index (χ0n) is 13.2. The first-order valence-electron chi connectivity index (χ1n) is 7.09. The molecule has 1 saturated heterocycles. The largest absolute Gasteiger partial charge is 0.444 e. The molecule has 1 atom stereocenters. The molecule has 1 amide bonds. The van der Waals surface area contributed by atoms with Crippen LogP contribution in [-0.2, 0) is 9.53 Å². The Hall–Kier alpha value is -1.52. The van der Waals surface area contributed by atoms with Crippen molar-refractivity contribution in [2.75, 3.05) is 20.6 Å². The van der Waals surface area contributed by atoms with Crippen LogP contribution in [0.15, 0.2) is 12.3 Å². The Morgan fingerprint density at radius 1 is 1.25 bits per heavy atom. The Kier molecular flexibility index (Phi) is 5.60. The van der Waals surface area contributed by atoms with Crippen LogP contribution in [0.2, 0.25) is 0 Å². The molecule has 1 aliphatic rings. The first kappa shape index (κ1) is 16.5. The van der Waals surface area contributed by atoms with Crippen LogP contribution < -0.4 is 0 Å². The molecule has 0 saturated carbocycles. The summed E-state index contributed by atoms with van der Waals surface area (Å²) in [7, 11) is 3.71. The van der Waals surface area contributed by atoms with Gasteiger partial charge in [0, 0.05) is 26.8 Å². The van der Waals surface area contributed by atoms with Crippen LogP contribution in [0.25, 0.3) is 0 Å². The lowest BCUT2D eigenvalue weighted by Crippen LogP contribution is -2.49. The highest BCUT2D eigenvalue weighted by molar-refractivity contribution is 5.96. The van der Waals surface area contributed by atoms with Gasteiger partial charge in [-0.3, -0.25) is 9.69 Å². The molecular formula is C15H26N2O3. The lowest BCUT2D eigenvalue weighted by Gasteiger charge is -2.35. The van der Waals surface area contributed by atoms with Crippen molar-refractivity contribution in [1.29, 1.82) is 0 Å². The fourth-order valence-corrected chi connectivity index (χ4v) is 2.10. The number of nitrogens with zero attached hydrogens (tertiary/aromatic N) is 2. The van der Waals surface area contributed by atoms with Crippen LogP contribution in [-0.4, -0.2) is 54.0 Å². The van der Waals surface area contributed by atoms with Gasteiger partial charge in [-0.2, -0.15) is 0 Å². The molecule has 0 aromatic heterocycles. The number of piperidine rings is 1. The zero-order chi connectivity index (χ0) is 15.3. The van der Waals surface area contributed by atoms with Crippen molar-refractivity contribution in [3.63, 3.8) is 0 Å². The van der Waals surface area contributed by atoms with Gasteiger partial charge in [0.05, 0.1) is 6.04 Å². The molecule has 1 heterocycles. The van der Waals surface area contributed by atoms with Crippen molar-refractivity contribution in [3.05, 3.63) is 12.3 Å². The minimum atomic E-state index is -0.540. The van der Waals surface area contributed by atoms with Gasteiger partial charge in [-0.15, -0.1) is 0 Å². The van der Waals surface area contributed by atoms with Gasteiger partial charge in [0.25, 0.3) is 0 Å². The standard InChI is InChI=1S/C15H26N2O3/c1-15(2,3)20-14(19)17-10-7-6-8-12(17)13(18)9-11-16(4)5/h9,11-12H,6-8,10H2,1-5H3. The summed E-state index contributed by atoms with van der Waals surface area (Å²) in [5.74, 6) is -0.0377. The molecule has 5 nitrogen and oxygen atoms in total. The highest BCUT2D eigenvalue weighted by atomic mass is 16.6. The van der Waals surface area contributed by atoms with Crippen molar-refractivity contribution in [3.8, 4) is 0 Å². The maximum absolute atomic E-state index is 12.2. The van der Waals surface area contributed by atoms with E-state index in [1.807, 2.05) is 34.9 Å². The predicted octanol–water partition coefficient (Wildman–Crippen LogP) is 2.42. The molecule has 114 valence electrons. The molecule has 0 aliphatic carbocycles. The molecule has 0 radical (unpaired) electrons. The summed E-state index contributed by atoms with van der Waals surface area (Å²) in [6.07, 6.45) is 5.44. The number of amides is 1. The van der Waals surface area contributed by atoms with E-state index in [-0.39, 0.29) is 5.78 Å². The molecule has 1 aliphatic heterocycles. The third-order valence-corrected chi connectivity index (χ3v) is 3.00. The second-order valence-electron chi connectivity index (χ2n) is 6.37. The van der Waals surface area contributed by atoms with Crippen molar-refractivity contribution in [2.24, 2.45) is 0 Å². The average molecular weight is 282 g/mol. The Balaban J connectivity index is 2.76. The van der Waals surface area contributed by atoms with Crippen molar-refractivity contribution in [2.45, 2.75) is 51.7 Å². The molecule has 0 N–H and O–H groups in total. The van der Waals surface area contributed by atoms with E-state index >= 15 is 0 Å². The number of rotatable bonds is 3. The van der Waals surface area contributed by atoms with Gasteiger partial charge < -0.3 is 9.64 Å². The number of ether oxygens (including phenoxy) is 1. The third-order valence-electron chi connectivity index (χ3n) is 3.00. The predicted molar refractivity (Wildman–Crippen MR) is 78.4 cm³/mol. The average Bonchev–Trinajstić information content (AvgIpc) is 2.33. The van der Waals surface area contributed by atoms with E-state index in [0.717, 1.165) is 12.8 Å². The fraction of sp³-hybridized carbons (Fsp3) is 0.733. The van der Waals surface area contributed by atoms with Gasteiger partial charge in [-0.1, -0.05) is 0 Å². The molecule has 0 spiro atoms. The second kappa shape index (κ2) is 6.77. The molecule has 0 bridgehead atoms. The molecule has 0 aromatic rings. The molecule has 1 unspecified atom stereocenters. The highest BCUT2D eigenvalue weighted by Crippen LogP contribution is 2.21. The van der Waals surface area contributed by atoms with Gasteiger partial charge in [-0.05, 0) is 46.1 Å². The minimum Gasteiger partial charge on any atom is -0.444 e. The molecule has 20 heavy (non-hydrogen) atoms. The third kappa shape index (κ3) is 5.23. The SMILES string of the molecule is CN(C)C=CC(=O)C1CCCCN1C(=O)OC(C)(C)C. The summed E-state index contributed by atoms with van der Waals surface area (Å²) < 4.78 is 5.38. The monoisotopic (exact) mass is 282 g/mol. The maximum atomic E-state index is 12.2. The van der Waals surface area contributed by atoms with Crippen molar-refractivity contribution >= 4 is 11.9 Å². The summed E-state index contributed by atoms with van der Waals surface area (Å²) in [5, 5.41) is 0. The number of carbonyl (C=O) groups is 2. The van der Waals surface area contributed by atoms with Crippen LogP contribution in [0.4, 0.5) is 4.79 Å². The Morgan fingerprint density at radius 2 is 1.90 bits per heavy atom. The van der Waals surface area contributed by atoms with Crippen LogP contribution in [0.5, 0.6) is 0 Å². The second-order valence-corrected chi connectivity index (χ2v) is 6.37. The van der Waals surface area contributed by atoms with Gasteiger partial charge >= 0.3 is 6.09 Å². The topological polar surface area (TPSA) is 49.9 Å². The van der Waals surface area contributed by atoms with Crippen LogP contribution >= 0.6 is 0 Å². The summed E-state index contributed by atoms with van der Waals surface area (Å²) in [5.41, 5.74) is -0.540. The Bertz CT molecular complexity index is 383. The first-order valence-corrected chi connectivity index (χ1v) is 7.09. The number of hydrogen-bond donors (Lipinski definition) is 0. The van der Waals surface area contributed by atoms with Crippen molar-refractivity contribution < 1.29 is 14.3 Å². The number of hydrogen-bond acceptors (Lipinski definition) is 4. The van der Waals surface area contributed by atoms with E-state index in [0.29, 0.717) is 13.0 Å². The van der Waals surface area contributed by atoms with Gasteiger partial charge in [-0.25, -0.2) is 4.79 Å². The van der Waals surface area contributed by atoms with E-state index in [1.165, 1.54) is 6.08 Å². The maximum Gasteiger partial charge on any atom is 0.410 e. The summed E-state index contributed by atoms with van der Waals surface area (Å²) in [4.78, 5) is 27.8. The summed E-state index contributed by atoms with van der Waals surface area (Å²) >= 11 is 0. The summed E-state index contributed by atoms with van der Waals surface area (Å²) in [6, 6.07) is -0.394.